The van der Waals surface area contributed by atoms with E-state index in [0.717, 1.165) is 37.4 Å². The monoisotopic (exact) mass is 302 g/mol. The van der Waals surface area contributed by atoms with E-state index in [1.807, 2.05) is 24.1 Å². The Hall–Kier alpha value is -2.11. The van der Waals surface area contributed by atoms with E-state index in [4.69, 9.17) is 4.52 Å². The Labute approximate surface area is 130 Å². The van der Waals surface area contributed by atoms with E-state index < -0.39 is 0 Å². The molecule has 6 nitrogen and oxygen atoms in total. The first-order chi connectivity index (χ1) is 10.6. The van der Waals surface area contributed by atoms with Gasteiger partial charge in [-0.25, -0.2) is 0 Å². The van der Waals surface area contributed by atoms with Crippen LogP contribution < -0.4 is 0 Å². The van der Waals surface area contributed by atoms with Gasteiger partial charge in [-0.2, -0.15) is 5.10 Å². The molecule has 0 bridgehead atoms. The van der Waals surface area contributed by atoms with Gasteiger partial charge in [0, 0.05) is 25.4 Å². The van der Waals surface area contributed by atoms with Crippen LogP contribution in [0.3, 0.4) is 0 Å². The van der Waals surface area contributed by atoms with Crippen molar-refractivity contribution in [2.45, 2.75) is 52.1 Å². The average molecular weight is 302 g/mol. The van der Waals surface area contributed by atoms with Crippen LogP contribution >= 0.6 is 0 Å². The number of carbonyl (C=O) groups is 1. The van der Waals surface area contributed by atoms with Crippen molar-refractivity contribution in [3.63, 3.8) is 0 Å². The minimum absolute atomic E-state index is 0.0284. The van der Waals surface area contributed by atoms with Crippen molar-refractivity contribution in [1.82, 2.24) is 19.8 Å². The second-order valence-corrected chi connectivity index (χ2v) is 6.02. The van der Waals surface area contributed by atoms with Gasteiger partial charge in [-0.1, -0.05) is 19.0 Å². The van der Waals surface area contributed by atoms with Crippen molar-refractivity contribution in [3.8, 4) is 0 Å². The Morgan fingerprint density at radius 3 is 2.95 bits per heavy atom. The van der Waals surface area contributed by atoms with Crippen LogP contribution in [0.5, 0.6) is 0 Å². The van der Waals surface area contributed by atoms with Crippen LogP contribution in [0.25, 0.3) is 0 Å². The quantitative estimate of drug-likeness (QED) is 0.871. The van der Waals surface area contributed by atoms with Crippen molar-refractivity contribution in [2.75, 3.05) is 6.54 Å². The molecule has 0 aliphatic carbocycles. The molecule has 3 heterocycles. The standard InChI is InChI=1S/C16H22N4O2/c1-4-19-9-7-12(17-19)16(21)20-8-5-6-14(20)15-10-13(11(2)3)18-22-15/h7,9-11,14H,4-6,8H2,1-3H3. The largest absolute Gasteiger partial charge is 0.359 e. The molecule has 0 radical (unpaired) electrons. The number of nitrogens with zero attached hydrogens (tertiary/aromatic N) is 4. The number of hydrogen-bond donors (Lipinski definition) is 0. The maximum absolute atomic E-state index is 12.7. The Morgan fingerprint density at radius 2 is 2.32 bits per heavy atom. The molecule has 1 amide bonds. The van der Waals surface area contributed by atoms with E-state index in [-0.39, 0.29) is 11.9 Å². The summed E-state index contributed by atoms with van der Waals surface area (Å²) in [6.45, 7) is 7.66. The third-order valence-corrected chi connectivity index (χ3v) is 4.16. The summed E-state index contributed by atoms with van der Waals surface area (Å²) < 4.78 is 7.25. The highest BCUT2D eigenvalue weighted by molar-refractivity contribution is 5.92. The summed E-state index contributed by atoms with van der Waals surface area (Å²) in [4.78, 5) is 14.5. The van der Waals surface area contributed by atoms with Crippen LogP contribution in [0.15, 0.2) is 22.9 Å². The topological polar surface area (TPSA) is 64.2 Å². The summed E-state index contributed by atoms with van der Waals surface area (Å²) in [5.41, 5.74) is 1.43. The normalized spacial score (nSPS) is 18.4. The van der Waals surface area contributed by atoms with Crippen LogP contribution in [-0.4, -0.2) is 32.3 Å². The third-order valence-electron chi connectivity index (χ3n) is 4.16. The van der Waals surface area contributed by atoms with Gasteiger partial charge in [0.25, 0.3) is 5.91 Å². The fourth-order valence-electron chi connectivity index (χ4n) is 2.84. The van der Waals surface area contributed by atoms with Gasteiger partial charge in [0.05, 0.1) is 11.7 Å². The first-order valence-corrected chi connectivity index (χ1v) is 7.91. The number of carbonyl (C=O) groups excluding carboxylic acids is 1. The van der Waals surface area contributed by atoms with Gasteiger partial charge >= 0.3 is 0 Å². The minimum atomic E-state index is -0.0304. The van der Waals surface area contributed by atoms with Crippen LogP contribution in [-0.2, 0) is 6.54 Å². The predicted molar refractivity (Wildman–Crippen MR) is 81.5 cm³/mol. The van der Waals surface area contributed by atoms with E-state index in [0.29, 0.717) is 11.6 Å². The molecule has 1 atom stereocenters. The van der Waals surface area contributed by atoms with Crippen molar-refractivity contribution < 1.29 is 9.32 Å². The number of amides is 1. The highest BCUT2D eigenvalue weighted by atomic mass is 16.5. The lowest BCUT2D eigenvalue weighted by Crippen LogP contribution is -2.30. The van der Waals surface area contributed by atoms with Crippen LogP contribution in [0.2, 0.25) is 0 Å². The smallest absolute Gasteiger partial charge is 0.274 e. The van der Waals surface area contributed by atoms with Gasteiger partial charge in [-0.15, -0.1) is 0 Å². The lowest BCUT2D eigenvalue weighted by atomic mass is 10.1. The molecule has 0 saturated carbocycles. The van der Waals surface area contributed by atoms with Crippen molar-refractivity contribution in [2.24, 2.45) is 0 Å². The zero-order valence-electron chi connectivity index (χ0n) is 13.3. The fraction of sp³-hybridized carbons (Fsp3) is 0.562. The number of aryl methyl sites for hydroxylation is 1. The van der Waals surface area contributed by atoms with E-state index in [1.54, 1.807) is 10.7 Å². The molecule has 1 saturated heterocycles. The Morgan fingerprint density at radius 1 is 1.50 bits per heavy atom. The molecule has 1 aliphatic heterocycles. The average Bonchev–Trinajstić information content (AvgIpc) is 3.24. The third kappa shape index (κ3) is 2.65. The number of aromatic nitrogens is 3. The van der Waals surface area contributed by atoms with Crippen LogP contribution in [0.4, 0.5) is 0 Å². The summed E-state index contributed by atoms with van der Waals surface area (Å²) >= 11 is 0. The summed E-state index contributed by atoms with van der Waals surface area (Å²) in [5.74, 6) is 1.07. The number of hydrogen-bond acceptors (Lipinski definition) is 4. The van der Waals surface area contributed by atoms with Crippen molar-refractivity contribution in [1.29, 1.82) is 0 Å². The molecule has 1 fully saturated rings. The van der Waals surface area contributed by atoms with Gasteiger partial charge < -0.3 is 9.42 Å². The lowest BCUT2D eigenvalue weighted by Gasteiger charge is -2.21. The molecule has 0 spiro atoms. The van der Waals surface area contributed by atoms with Gasteiger partial charge in [0.15, 0.2) is 5.76 Å². The van der Waals surface area contributed by atoms with E-state index in [1.165, 1.54) is 0 Å². The van der Waals surface area contributed by atoms with Crippen LogP contribution in [0, 0.1) is 0 Å². The van der Waals surface area contributed by atoms with E-state index in [2.05, 4.69) is 24.1 Å². The van der Waals surface area contributed by atoms with Gasteiger partial charge in [0.2, 0.25) is 0 Å². The highest BCUT2D eigenvalue weighted by Gasteiger charge is 2.34. The van der Waals surface area contributed by atoms with E-state index >= 15 is 0 Å². The molecule has 0 N–H and O–H groups in total. The fourth-order valence-corrected chi connectivity index (χ4v) is 2.84. The molecule has 1 aliphatic rings. The summed E-state index contributed by atoms with van der Waals surface area (Å²) in [6, 6.07) is 3.73. The first-order valence-electron chi connectivity index (χ1n) is 7.91. The molecule has 118 valence electrons. The molecule has 0 aromatic carbocycles. The van der Waals surface area contributed by atoms with Gasteiger partial charge in [-0.3, -0.25) is 9.48 Å². The second kappa shape index (κ2) is 5.94. The molecular formula is C16H22N4O2. The number of rotatable bonds is 4. The van der Waals surface area contributed by atoms with E-state index in [9.17, 15) is 4.79 Å². The molecule has 1 unspecified atom stereocenters. The zero-order chi connectivity index (χ0) is 15.7. The predicted octanol–water partition coefficient (Wildman–Crippen LogP) is 2.99. The minimum Gasteiger partial charge on any atom is -0.359 e. The zero-order valence-corrected chi connectivity index (χ0v) is 13.3. The van der Waals surface area contributed by atoms with Gasteiger partial charge in [-0.05, 0) is 31.7 Å². The summed E-state index contributed by atoms with van der Waals surface area (Å²) in [6.07, 6.45) is 3.72. The maximum Gasteiger partial charge on any atom is 0.274 e. The molecule has 6 heteroatoms. The lowest BCUT2D eigenvalue weighted by molar-refractivity contribution is 0.0707. The molecule has 2 aromatic rings. The Bertz CT molecular complexity index is 659. The summed E-state index contributed by atoms with van der Waals surface area (Å²) in [5, 5.41) is 8.43. The second-order valence-electron chi connectivity index (χ2n) is 6.02. The van der Waals surface area contributed by atoms with Gasteiger partial charge in [0.1, 0.15) is 5.69 Å². The highest BCUT2D eigenvalue weighted by Crippen LogP contribution is 2.34. The Kier molecular flexibility index (Phi) is 4.00. The summed E-state index contributed by atoms with van der Waals surface area (Å²) in [7, 11) is 0. The molecule has 22 heavy (non-hydrogen) atoms. The van der Waals surface area contributed by atoms with Crippen LogP contribution in [0.1, 0.15) is 67.5 Å². The first kappa shape index (κ1) is 14.8. The number of likely N-dealkylation sites (tertiary alicyclic amines) is 1. The van der Waals surface area contributed by atoms with Crippen molar-refractivity contribution >= 4 is 5.91 Å². The van der Waals surface area contributed by atoms with Crippen molar-refractivity contribution in [3.05, 3.63) is 35.5 Å². The Balaban J connectivity index is 1.81. The molecular weight excluding hydrogens is 280 g/mol. The molecule has 3 rings (SSSR count). The molecule has 2 aromatic heterocycles. The SMILES string of the molecule is CCn1ccc(C(=O)N2CCCC2c2cc(C(C)C)no2)n1. The maximum atomic E-state index is 12.7.